The highest BCUT2D eigenvalue weighted by Crippen LogP contribution is 2.38. The smallest absolute Gasteiger partial charge is 0.338 e. The van der Waals surface area contributed by atoms with Gasteiger partial charge in [0, 0.05) is 16.2 Å². The highest BCUT2D eigenvalue weighted by Gasteiger charge is 2.42. The Bertz CT molecular complexity index is 665. The summed E-state index contributed by atoms with van der Waals surface area (Å²) in [5, 5.41) is 2.96. The van der Waals surface area contributed by atoms with Crippen LogP contribution in [0.2, 0.25) is 0 Å². The molecule has 1 aliphatic carbocycles. The van der Waals surface area contributed by atoms with Crippen LogP contribution in [0.25, 0.3) is 0 Å². The molecule has 0 bridgehead atoms. The van der Waals surface area contributed by atoms with Crippen molar-refractivity contribution in [2.45, 2.75) is 38.8 Å². The Morgan fingerprint density at radius 3 is 2.57 bits per heavy atom. The van der Waals surface area contributed by atoms with Crippen molar-refractivity contribution in [1.82, 2.24) is 10.2 Å². The quantitative estimate of drug-likeness (QED) is 0.815. The van der Waals surface area contributed by atoms with Crippen molar-refractivity contribution in [3.63, 3.8) is 0 Å². The van der Waals surface area contributed by atoms with E-state index in [1.54, 1.807) is 11.8 Å². The molecule has 1 aliphatic heterocycles. The summed E-state index contributed by atoms with van der Waals surface area (Å²) in [6.45, 7) is 3.91. The van der Waals surface area contributed by atoms with E-state index in [0.717, 1.165) is 22.9 Å². The number of hydrogen-bond acceptors (Lipinski definition) is 3. The fraction of sp³-hybridized carbons (Fsp3) is 0.412. The Labute approximate surface area is 143 Å². The number of urea groups is 1. The van der Waals surface area contributed by atoms with Crippen LogP contribution < -0.4 is 5.32 Å². The molecule has 2 aliphatic rings. The van der Waals surface area contributed by atoms with Crippen molar-refractivity contribution in [2.24, 2.45) is 0 Å². The third-order valence-corrected chi connectivity index (χ3v) is 4.67. The number of halogens is 1. The summed E-state index contributed by atoms with van der Waals surface area (Å²) >= 11 is 3.40. The van der Waals surface area contributed by atoms with E-state index >= 15 is 0 Å². The predicted molar refractivity (Wildman–Crippen MR) is 89.6 cm³/mol. The van der Waals surface area contributed by atoms with Crippen LogP contribution >= 0.6 is 15.9 Å². The average Bonchev–Trinajstić information content (AvgIpc) is 3.32. The molecule has 0 spiro atoms. The highest BCUT2D eigenvalue weighted by molar-refractivity contribution is 9.10. The van der Waals surface area contributed by atoms with Gasteiger partial charge in [0.25, 0.3) is 0 Å². The number of carbonyl (C=O) groups is 2. The maximum atomic E-state index is 12.5. The van der Waals surface area contributed by atoms with E-state index in [1.807, 2.05) is 31.2 Å². The summed E-state index contributed by atoms with van der Waals surface area (Å²) in [5.74, 6) is -0.372. The van der Waals surface area contributed by atoms with Gasteiger partial charge in [0.15, 0.2) is 0 Å². The van der Waals surface area contributed by atoms with Gasteiger partial charge in [-0.2, -0.15) is 0 Å². The molecule has 5 nitrogen and oxygen atoms in total. The molecule has 2 amide bonds. The van der Waals surface area contributed by atoms with Crippen molar-refractivity contribution >= 4 is 27.9 Å². The van der Waals surface area contributed by atoms with Crippen LogP contribution in [0.3, 0.4) is 0 Å². The van der Waals surface area contributed by atoms with Crippen molar-refractivity contribution in [1.29, 1.82) is 0 Å². The normalized spacial score (nSPS) is 21.3. The van der Waals surface area contributed by atoms with Gasteiger partial charge in [-0.15, -0.1) is 0 Å². The van der Waals surface area contributed by atoms with Crippen LogP contribution in [0.15, 0.2) is 40.0 Å². The number of nitrogens with zero attached hydrogens (tertiary/aromatic N) is 1. The molecule has 1 N–H and O–H groups in total. The minimum absolute atomic E-state index is 0.147. The van der Waals surface area contributed by atoms with Gasteiger partial charge in [0.1, 0.15) is 0 Å². The van der Waals surface area contributed by atoms with Crippen molar-refractivity contribution in [3.05, 3.63) is 45.6 Å². The maximum Gasteiger partial charge on any atom is 0.338 e. The molecule has 122 valence electrons. The van der Waals surface area contributed by atoms with Crippen LogP contribution in [-0.4, -0.2) is 29.5 Å². The molecule has 23 heavy (non-hydrogen) atoms. The number of allylic oxidation sites excluding steroid dienone is 1. The second kappa shape index (κ2) is 6.35. The van der Waals surface area contributed by atoms with Crippen LogP contribution in [-0.2, 0) is 9.53 Å². The van der Waals surface area contributed by atoms with Gasteiger partial charge in [0.2, 0.25) is 0 Å². The molecular weight excluding hydrogens is 360 g/mol. The van der Waals surface area contributed by atoms with E-state index in [4.69, 9.17) is 4.74 Å². The molecule has 0 aromatic heterocycles. The number of benzene rings is 1. The highest BCUT2D eigenvalue weighted by atomic mass is 79.9. The number of rotatable bonds is 4. The number of hydrogen-bond donors (Lipinski definition) is 1. The van der Waals surface area contributed by atoms with E-state index in [1.165, 1.54) is 0 Å². The minimum Gasteiger partial charge on any atom is -0.463 e. The average molecular weight is 379 g/mol. The molecule has 0 saturated heterocycles. The topological polar surface area (TPSA) is 58.6 Å². The van der Waals surface area contributed by atoms with Crippen LogP contribution in [0.5, 0.6) is 0 Å². The molecule has 1 heterocycles. The first-order valence-electron chi connectivity index (χ1n) is 7.76. The van der Waals surface area contributed by atoms with E-state index < -0.39 is 6.04 Å². The minimum atomic E-state index is -0.482. The van der Waals surface area contributed by atoms with E-state index in [2.05, 4.69) is 21.2 Å². The molecule has 0 radical (unpaired) electrons. The Hall–Kier alpha value is -1.82. The maximum absolute atomic E-state index is 12.5. The van der Waals surface area contributed by atoms with E-state index in [9.17, 15) is 9.59 Å². The van der Waals surface area contributed by atoms with Gasteiger partial charge in [-0.3, -0.25) is 4.90 Å². The lowest BCUT2D eigenvalue weighted by Crippen LogP contribution is -2.48. The fourth-order valence-corrected chi connectivity index (χ4v) is 3.17. The second-order valence-electron chi connectivity index (χ2n) is 5.75. The number of nitrogens with one attached hydrogen (secondary N) is 1. The van der Waals surface area contributed by atoms with Gasteiger partial charge in [-0.25, -0.2) is 9.59 Å². The summed E-state index contributed by atoms with van der Waals surface area (Å²) < 4.78 is 6.17. The van der Waals surface area contributed by atoms with Crippen molar-refractivity contribution < 1.29 is 14.3 Å². The number of carbonyl (C=O) groups excluding carboxylic acids is 2. The van der Waals surface area contributed by atoms with Crippen LogP contribution in [0, 0.1) is 0 Å². The molecule has 1 aromatic rings. The lowest BCUT2D eigenvalue weighted by atomic mass is 9.95. The number of esters is 1. The third kappa shape index (κ3) is 3.13. The van der Waals surface area contributed by atoms with Crippen LogP contribution in [0.1, 0.15) is 38.3 Å². The monoisotopic (exact) mass is 378 g/mol. The number of ether oxygens (including phenoxy) is 1. The fourth-order valence-electron chi connectivity index (χ4n) is 2.91. The van der Waals surface area contributed by atoms with E-state index in [0.29, 0.717) is 17.9 Å². The number of amides is 2. The predicted octanol–water partition coefficient (Wildman–Crippen LogP) is 3.51. The van der Waals surface area contributed by atoms with Crippen LogP contribution in [0.4, 0.5) is 4.79 Å². The molecule has 1 saturated carbocycles. The lowest BCUT2D eigenvalue weighted by Gasteiger charge is -2.35. The standard InChI is InChI=1S/C17H19BrN2O3/c1-3-23-16(21)14-10(2)20(13-8-9-13)17(22)19-15(14)11-4-6-12(18)7-5-11/h4-7,13,15H,3,8-9H2,1-2H3,(H,19,22). The first-order chi connectivity index (χ1) is 11.0. The summed E-state index contributed by atoms with van der Waals surface area (Å²) in [6, 6.07) is 7.16. The molecule has 6 heteroatoms. The summed E-state index contributed by atoms with van der Waals surface area (Å²) in [4.78, 5) is 26.7. The zero-order chi connectivity index (χ0) is 16.6. The SMILES string of the molecule is CCOC(=O)C1=C(C)N(C2CC2)C(=O)NC1c1ccc(Br)cc1. The van der Waals surface area contributed by atoms with Gasteiger partial charge in [-0.1, -0.05) is 28.1 Å². The van der Waals surface area contributed by atoms with Crippen molar-refractivity contribution in [3.8, 4) is 0 Å². The summed E-state index contributed by atoms with van der Waals surface area (Å²) in [7, 11) is 0. The zero-order valence-electron chi connectivity index (χ0n) is 13.1. The Kier molecular flexibility index (Phi) is 4.43. The summed E-state index contributed by atoms with van der Waals surface area (Å²) in [5.41, 5.74) is 2.07. The van der Waals surface area contributed by atoms with Gasteiger partial charge in [-0.05, 0) is 44.4 Å². The molecular formula is C17H19BrN2O3. The zero-order valence-corrected chi connectivity index (χ0v) is 14.7. The van der Waals surface area contributed by atoms with Crippen molar-refractivity contribution in [2.75, 3.05) is 6.61 Å². The van der Waals surface area contributed by atoms with E-state index in [-0.39, 0.29) is 18.0 Å². The Balaban J connectivity index is 2.04. The largest absolute Gasteiger partial charge is 0.463 e. The molecule has 1 fully saturated rings. The Morgan fingerprint density at radius 2 is 2.00 bits per heavy atom. The third-order valence-electron chi connectivity index (χ3n) is 4.14. The van der Waals surface area contributed by atoms with Gasteiger partial charge >= 0.3 is 12.0 Å². The van der Waals surface area contributed by atoms with Gasteiger partial charge < -0.3 is 10.1 Å². The molecule has 1 aromatic carbocycles. The second-order valence-corrected chi connectivity index (χ2v) is 6.67. The molecule has 3 rings (SSSR count). The first-order valence-corrected chi connectivity index (χ1v) is 8.55. The first kappa shape index (κ1) is 16.1. The lowest BCUT2D eigenvalue weighted by molar-refractivity contribution is -0.139. The van der Waals surface area contributed by atoms with Gasteiger partial charge in [0.05, 0.1) is 18.2 Å². The molecule has 1 atom stereocenters. The molecule has 1 unspecified atom stereocenters. The Morgan fingerprint density at radius 1 is 1.35 bits per heavy atom. The summed E-state index contributed by atoms with van der Waals surface area (Å²) in [6.07, 6.45) is 1.95.